The number of carbonyl (C=O) groups excluding carboxylic acids is 2. The van der Waals surface area contributed by atoms with Crippen molar-refractivity contribution >= 4 is 58.0 Å². The molecule has 0 saturated heterocycles. The highest BCUT2D eigenvalue weighted by atomic mass is 35.5. The smallest absolute Gasteiger partial charge is 0.261 e. The van der Waals surface area contributed by atoms with Gasteiger partial charge in [0.1, 0.15) is 17.4 Å². The maximum atomic E-state index is 13.1. The minimum Gasteiger partial charge on any atom is -0.343 e. The Morgan fingerprint density at radius 2 is 1.78 bits per heavy atom. The van der Waals surface area contributed by atoms with Gasteiger partial charge in [-0.25, -0.2) is 4.68 Å². The normalized spacial score (nSPS) is 17.5. The average molecular weight is 488 g/mol. The highest BCUT2D eigenvalue weighted by Gasteiger charge is 2.39. The first-order chi connectivity index (χ1) is 15.4. The fourth-order valence-electron chi connectivity index (χ4n) is 4.19. The van der Waals surface area contributed by atoms with E-state index < -0.39 is 6.04 Å². The van der Waals surface area contributed by atoms with E-state index >= 15 is 0 Å². The molecule has 6 nitrogen and oxygen atoms in total. The lowest BCUT2D eigenvalue weighted by atomic mass is 9.85. The first-order valence-corrected chi connectivity index (χ1v) is 11.2. The largest absolute Gasteiger partial charge is 0.343 e. The summed E-state index contributed by atoms with van der Waals surface area (Å²) in [7, 11) is 0. The van der Waals surface area contributed by atoms with Crippen LogP contribution in [-0.4, -0.2) is 21.5 Å². The minimum absolute atomic E-state index is 0.0213. The fraction of sp³-hybridized carbons (Fsp3) is 0.174. The van der Waals surface area contributed by atoms with Gasteiger partial charge in [0.25, 0.3) is 5.91 Å². The Hall–Kier alpha value is -2.80. The molecule has 0 saturated carbocycles. The SMILES string of the molecule is O=C1CCCC2=C1[C@@H](c1c(Cl)cccc1Cl)n1ncc(C(=O)Nc3ccc(Cl)cc3)c1N2. The quantitative estimate of drug-likeness (QED) is 0.467. The van der Waals surface area contributed by atoms with E-state index in [9.17, 15) is 9.59 Å². The van der Waals surface area contributed by atoms with Crippen molar-refractivity contribution in [3.05, 3.63) is 86.1 Å². The number of halogens is 3. The van der Waals surface area contributed by atoms with Gasteiger partial charge in [0.15, 0.2) is 5.78 Å². The lowest BCUT2D eigenvalue weighted by Gasteiger charge is -2.34. The number of benzene rings is 2. The van der Waals surface area contributed by atoms with Gasteiger partial charge in [0.2, 0.25) is 0 Å². The molecule has 1 amide bonds. The van der Waals surface area contributed by atoms with Crippen molar-refractivity contribution in [1.82, 2.24) is 9.78 Å². The summed E-state index contributed by atoms with van der Waals surface area (Å²) in [4.78, 5) is 26.0. The molecular formula is C23H17Cl3N4O2. The van der Waals surface area contributed by atoms with E-state index in [1.54, 1.807) is 47.1 Å². The monoisotopic (exact) mass is 486 g/mol. The summed E-state index contributed by atoms with van der Waals surface area (Å²) in [5.41, 5.74) is 2.91. The third kappa shape index (κ3) is 3.58. The Morgan fingerprint density at radius 3 is 2.50 bits per heavy atom. The molecule has 1 aromatic heterocycles. The highest BCUT2D eigenvalue weighted by molar-refractivity contribution is 6.36. The minimum atomic E-state index is -0.618. The maximum Gasteiger partial charge on any atom is 0.261 e. The molecule has 0 unspecified atom stereocenters. The number of aromatic nitrogens is 2. The molecule has 0 fully saturated rings. The number of allylic oxidation sites excluding steroid dienone is 2. The summed E-state index contributed by atoms with van der Waals surface area (Å²) in [6.07, 6.45) is 3.34. The lowest BCUT2D eigenvalue weighted by Crippen LogP contribution is -2.32. The summed E-state index contributed by atoms with van der Waals surface area (Å²) in [6.45, 7) is 0. The van der Waals surface area contributed by atoms with Crippen molar-refractivity contribution in [1.29, 1.82) is 0 Å². The predicted octanol–water partition coefficient (Wildman–Crippen LogP) is 6.12. The second-order valence-corrected chi connectivity index (χ2v) is 8.90. The number of Topliss-reactive ketones (excluding diaryl/α,β-unsaturated/α-hetero) is 1. The third-order valence-corrected chi connectivity index (χ3v) is 6.57. The number of hydrogen-bond donors (Lipinski definition) is 2. The van der Waals surface area contributed by atoms with Crippen molar-refractivity contribution in [2.75, 3.05) is 10.6 Å². The van der Waals surface area contributed by atoms with E-state index in [-0.39, 0.29) is 11.7 Å². The van der Waals surface area contributed by atoms with Gasteiger partial charge < -0.3 is 10.6 Å². The third-order valence-electron chi connectivity index (χ3n) is 5.66. The number of rotatable bonds is 3. The van der Waals surface area contributed by atoms with Crippen LogP contribution in [0.3, 0.4) is 0 Å². The topological polar surface area (TPSA) is 76.0 Å². The highest BCUT2D eigenvalue weighted by Crippen LogP contribution is 2.45. The van der Waals surface area contributed by atoms with Crippen molar-refractivity contribution in [3.8, 4) is 0 Å². The van der Waals surface area contributed by atoms with Gasteiger partial charge in [0.05, 0.1) is 6.20 Å². The van der Waals surface area contributed by atoms with Crippen molar-refractivity contribution in [3.63, 3.8) is 0 Å². The van der Waals surface area contributed by atoms with Gasteiger partial charge >= 0.3 is 0 Å². The molecule has 5 rings (SSSR count). The van der Waals surface area contributed by atoms with Crippen LogP contribution in [0.2, 0.25) is 15.1 Å². The molecule has 162 valence electrons. The first kappa shape index (κ1) is 21.1. The van der Waals surface area contributed by atoms with Crippen LogP contribution < -0.4 is 10.6 Å². The Balaban J connectivity index is 1.61. The number of amides is 1. The first-order valence-electron chi connectivity index (χ1n) is 10.1. The molecule has 2 N–H and O–H groups in total. The summed E-state index contributed by atoms with van der Waals surface area (Å²) in [5.74, 6) is 0.176. The molecule has 3 aromatic rings. The van der Waals surface area contributed by atoms with Gasteiger partial charge in [-0.15, -0.1) is 0 Å². The molecular weight excluding hydrogens is 471 g/mol. The fourth-order valence-corrected chi connectivity index (χ4v) is 4.93. The van der Waals surface area contributed by atoms with E-state index in [1.165, 1.54) is 6.20 Å². The Morgan fingerprint density at radius 1 is 1.06 bits per heavy atom. The molecule has 0 bridgehead atoms. The summed E-state index contributed by atoms with van der Waals surface area (Å²) >= 11 is 19.0. The Bertz CT molecular complexity index is 1260. The Labute approximate surface area is 199 Å². The number of hydrogen-bond acceptors (Lipinski definition) is 4. The molecule has 9 heteroatoms. The number of fused-ring (bicyclic) bond motifs is 1. The number of carbonyl (C=O) groups is 2. The van der Waals surface area contributed by atoms with Gasteiger partial charge in [-0.05, 0) is 49.2 Å². The van der Waals surface area contributed by atoms with Gasteiger partial charge in [0, 0.05) is 44.0 Å². The van der Waals surface area contributed by atoms with Crippen LogP contribution >= 0.6 is 34.8 Å². The van der Waals surface area contributed by atoms with Crippen LogP contribution in [0.15, 0.2) is 59.9 Å². The number of nitrogens with zero attached hydrogens (tertiary/aromatic N) is 2. The van der Waals surface area contributed by atoms with Crippen LogP contribution in [0.1, 0.15) is 41.2 Å². The van der Waals surface area contributed by atoms with E-state index in [4.69, 9.17) is 34.8 Å². The number of nitrogens with one attached hydrogen (secondary N) is 2. The van der Waals surface area contributed by atoms with E-state index in [0.29, 0.717) is 56.1 Å². The molecule has 0 spiro atoms. The molecule has 1 aliphatic carbocycles. The zero-order chi connectivity index (χ0) is 22.4. The van der Waals surface area contributed by atoms with Crippen molar-refractivity contribution in [2.24, 2.45) is 0 Å². The van der Waals surface area contributed by atoms with Gasteiger partial charge in [-0.2, -0.15) is 5.10 Å². The van der Waals surface area contributed by atoms with Crippen molar-refractivity contribution in [2.45, 2.75) is 25.3 Å². The summed E-state index contributed by atoms with van der Waals surface area (Å²) < 4.78 is 1.62. The molecule has 2 aliphatic rings. The maximum absolute atomic E-state index is 13.1. The van der Waals surface area contributed by atoms with Crippen LogP contribution in [-0.2, 0) is 4.79 Å². The van der Waals surface area contributed by atoms with Crippen LogP contribution in [0.5, 0.6) is 0 Å². The zero-order valence-corrected chi connectivity index (χ0v) is 18.9. The zero-order valence-electron chi connectivity index (χ0n) is 16.7. The summed E-state index contributed by atoms with van der Waals surface area (Å²) in [6, 6.07) is 11.4. The van der Waals surface area contributed by atoms with Crippen LogP contribution in [0, 0.1) is 0 Å². The molecule has 2 aromatic carbocycles. The molecule has 1 aliphatic heterocycles. The molecule has 32 heavy (non-hydrogen) atoms. The number of ketones is 1. The second-order valence-electron chi connectivity index (χ2n) is 7.64. The standard InChI is InChI=1S/C23H17Cl3N4O2/c24-12-7-9-13(10-8-12)28-23(32)14-11-27-30-21(19-15(25)3-1-4-16(19)26)20-17(29-22(14)30)5-2-6-18(20)31/h1,3-4,7-11,21,29H,2,5-6H2,(H,28,32)/t21-/m1/s1. The van der Waals surface area contributed by atoms with Gasteiger partial charge in [-0.3, -0.25) is 9.59 Å². The van der Waals surface area contributed by atoms with Crippen molar-refractivity contribution < 1.29 is 9.59 Å². The Kier molecular flexibility index (Phi) is 5.45. The van der Waals surface area contributed by atoms with Gasteiger partial charge in [-0.1, -0.05) is 40.9 Å². The van der Waals surface area contributed by atoms with E-state index in [0.717, 1.165) is 12.1 Å². The molecule has 0 radical (unpaired) electrons. The number of anilines is 2. The summed E-state index contributed by atoms with van der Waals surface area (Å²) in [5, 5.41) is 12.0. The predicted molar refractivity (Wildman–Crippen MR) is 126 cm³/mol. The van der Waals surface area contributed by atoms with Crippen LogP contribution in [0.25, 0.3) is 0 Å². The lowest BCUT2D eigenvalue weighted by molar-refractivity contribution is -0.116. The molecule has 1 atom stereocenters. The van der Waals surface area contributed by atoms with Crippen LogP contribution in [0.4, 0.5) is 11.5 Å². The van der Waals surface area contributed by atoms with E-state index in [2.05, 4.69) is 15.7 Å². The van der Waals surface area contributed by atoms with E-state index in [1.807, 2.05) is 0 Å². The second kappa shape index (κ2) is 8.28. The average Bonchev–Trinajstić information content (AvgIpc) is 3.19. The molecule has 2 heterocycles.